The fraction of sp³-hybridized carbons (Fsp3) is 0.100. The van der Waals surface area contributed by atoms with Crippen LogP contribution in [0.25, 0.3) is 83.4 Å². The topological polar surface area (TPSA) is 35.9 Å². The Morgan fingerprint density at radius 3 is 1.86 bits per heavy atom. The van der Waals surface area contributed by atoms with Gasteiger partial charge >= 0.3 is 12.4 Å². The van der Waals surface area contributed by atoms with Crippen molar-refractivity contribution in [3.63, 3.8) is 0 Å². The van der Waals surface area contributed by atoms with E-state index < -0.39 is 83.9 Å². The number of ether oxygens (including phenoxy) is 1. The van der Waals surface area contributed by atoms with E-state index in [-0.39, 0.29) is 83.1 Å². The molecule has 5 nitrogen and oxygen atoms in total. The zero-order valence-electron chi connectivity index (χ0n) is 47.9. The first-order valence-corrected chi connectivity index (χ1v) is 21.9. The molecule has 0 N–H and O–H groups in total. The molecule has 0 bridgehead atoms. The number of rotatable bonds is 8. The van der Waals surface area contributed by atoms with E-state index in [1.807, 2.05) is 32.9 Å². The molecule has 0 aliphatic rings. The molecule has 11 aromatic rings. The number of imidazole rings is 1. The smallest absolute Gasteiger partial charge is 0.416 e. The summed E-state index contributed by atoms with van der Waals surface area (Å²) in [7, 11) is 0. The fourth-order valence-electron chi connectivity index (χ4n) is 8.64. The van der Waals surface area contributed by atoms with E-state index in [0.29, 0.717) is 56.5 Å². The van der Waals surface area contributed by atoms with Gasteiger partial charge in [0.1, 0.15) is 5.82 Å². The Bertz CT molecular complexity index is 4260. The van der Waals surface area contributed by atoms with Crippen molar-refractivity contribution in [2.75, 3.05) is 0 Å². The van der Waals surface area contributed by atoms with E-state index in [9.17, 15) is 26.3 Å². The molecule has 0 saturated heterocycles. The van der Waals surface area contributed by atoms with Crippen molar-refractivity contribution in [2.24, 2.45) is 0 Å². The standard InChI is InChI=1S/C60H40F6N4O.Pt/c1-58(2,3)42-28-29-67-56(34-42)70-52-27-24-40(41-30-43(59(61,62)63)33-44(31-41)60(64,65)66)32-51(52)50-26-25-47(36-55(50)70)71-46-19-12-18-45(35-46)68-37-69(54-23-11-10-22-53(54)68)57-48(38-14-6-4-7-15-38)20-13-21-49(57)39-16-8-5-9-17-39;/h4-34H,1-3H3;/q-2;/i4D,5D,6D,7D,8D,9D,14D,15D,16D,17D;. The van der Waals surface area contributed by atoms with E-state index >= 15 is 0 Å². The molecule has 0 aliphatic heterocycles. The van der Waals surface area contributed by atoms with E-state index in [1.165, 1.54) is 34.9 Å². The summed E-state index contributed by atoms with van der Waals surface area (Å²) in [5, 5.41) is 0.992. The molecule has 3 heterocycles. The summed E-state index contributed by atoms with van der Waals surface area (Å²) in [6.07, 6.45) is -5.16. The molecule has 0 fully saturated rings. The van der Waals surface area contributed by atoms with E-state index in [2.05, 4.69) is 18.5 Å². The third-order valence-corrected chi connectivity index (χ3v) is 12.0. The van der Waals surface area contributed by atoms with Crippen LogP contribution in [0.4, 0.5) is 26.3 Å². The Morgan fingerprint density at radius 2 is 1.21 bits per heavy atom. The van der Waals surface area contributed by atoms with Crippen LogP contribution in [0.15, 0.2) is 188 Å². The zero-order valence-corrected chi connectivity index (χ0v) is 40.2. The zero-order chi connectivity index (χ0) is 57.9. The molecule has 72 heavy (non-hydrogen) atoms. The van der Waals surface area contributed by atoms with Gasteiger partial charge in [0.05, 0.1) is 41.6 Å². The first kappa shape index (κ1) is 37.1. The number of hydrogen-bond donors (Lipinski definition) is 0. The number of nitrogens with zero attached hydrogens (tertiary/aromatic N) is 4. The van der Waals surface area contributed by atoms with Crippen LogP contribution < -0.4 is 9.30 Å². The van der Waals surface area contributed by atoms with Gasteiger partial charge in [-0.2, -0.15) is 44.5 Å². The van der Waals surface area contributed by atoms with Crippen molar-refractivity contribution in [1.82, 2.24) is 14.1 Å². The number of pyridine rings is 1. The monoisotopic (exact) mass is 1150 g/mol. The second kappa shape index (κ2) is 18.5. The molecule has 0 aliphatic carbocycles. The van der Waals surface area contributed by atoms with Gasteiger partial charge in [-0.05, 0) is 91.8 Å². The van der Waals surface area contributed by atoms with Gasteiger partial charge < -0.3 is 13.9 Å². The maximum Gasteiger partial charge on any atom is 0.416 e. The molecule has 0 radical (unpaired) electrons. The maximum absolute atomic E-state index is 14.0. The molecular formula is C60H40F6N4OPt-2. The van der Waals surface area contributed by atoms with Crippen LogP contribution in [0.5, 0.6) is 11.5 Å². The average Bonchev–Trinajstić information content (AvgIpc) is 4.11. The van der Waals surface area contributed by atoms with Crippen LogP contribution in [0.2, 0.25) is 0 Å². The first-order valence-electron chi connectivity index (χ1n) is 26.9. The number of aromatic nitrogens is 4. The quantitative estimate of drug-likeness (QED) is 0.0863. The van der Waals surface area contributed by atoms with Crippen LogP contribution in [0.1, 0.15) is 51.2 Å². The van der Waals surface area contributed by atoms with Crippen molar-refractivity contribution < 1.29 is 70.4 Å². The van der Waals surface area contributed by atoms with Crippen LogP contribution in [0, 0.1) is 18.5 Å². The van der Waals surface area contributed by atoms with Crippen LogP contribution in [0.3, 0.4) is 0 Å². The molecule has 11 rings (SSSR count). The molecule has 0 spiro atoms. The van der Waals surface area contributed by atoms with Crippen molar-refractivity contribution in [2.45, 2.75) is 38.5 Å². The molecule has 0 unspecified atom stereocenters. The summed E-state index contributed by atoms with van der Waals surface area (Å²) in [6.45, 7) is 6.07. The summed E-state index contributed by atoms with van der Waals surface area (Å²) in [4.78, 5) is 4.70. The predicted octanol–water partition coefficient (Wildman–Crippen LogP) is 15.9. The Morgan fingerprint density at radius 1 is 0.569 bits per heavy atom. The second-order valence-corrected chi connectivity index (χ2v) is 17.6. The van der Waals surface area contributed by atoms with Crippen LogP contribution in [-0.2, 0) is 38.8 Å². The average molecular weight is 1150 g/mol. The number of benzene rings is 8. The molecule has 0 atom stereocenters. The Kier molecular flexibility index (Phi) is 9.50. The number of hydrogen-bond acceptors (Lipinski definition) is 2. The van der Waals surface area contributed by atoms with Gasteiger partial charge in [0, 0.05) is 44.3 Å². The third-order valence-electron chi connectivity index (χ3n) is 12.0. The summed E-state index contributed by atoms with van der Waals surface area (Å²) < 4.78 is 183. The minimum absolute atomic E-state index is 0. The number of para-hydroxylation sites is 3. The van der Waals surface area contributed by atoms with Crippen LogP contribution >= 0.6 is 0 Å². The maximum atomic E-state index is 14.0. The largest absolute Gasteiger partial charge is 0.510 e. The second-order valence-electron chi connectivity index (χ2n) is 17.6. The number of alkyl halides is 6. The van der Waals surface area contributed by atoms with Gasteiger partial charge in [-0.15, -0.1) is 29.7 Å². The van der Waals surface area contributed by atoms with E-state index in [4.69, 9.17) is 23.4 Å². The summed E-state index contributed by atoms with van der Waals surface area (Å²) in [5.41, 5.74) is -0.541. The third kappa shape index (κ3) is 8.98. The normalized spacial score (nSPS) is 14.1. The molecule has 0 amide bonds. The molecule has 360 valence electrons. The summed E-state index contributed by atoms with van der Waals surface area (Å²) >= 11 is 0. The molecule has 8 aromatic carbocycles. The van der Waals surface area contributed by atoms with E-state index in [1.54, 1.807) is 76.0 Å². The van der Waals surface area contributed by atoms with Crippen molar-refractivity contribution in [1.29, 1.82) is 0 Å². The Labute approximate surface area is 439 Å². The Hall–Kier alpha value is -7.75. The number of fused-ring (bicyclic) bond motifs is 4. The minimum atomic E-state index is -5.06. The first-order chi connectivity index (χ1) is 38.2. The van der Waals surface area contributed by atoms with Crippen molar-refractivity contribution >= 4 is 32.8 Å². The van der Waals surface area contributed by atoms with E-state index in [0.717, 1.165) is 5.56 Å². The minimum Gasteiger partial charge on any atom is -0.510 e. The van der Waals surface area contributed by atoms with Gasteiger partial charge in [0.2, 0.25) is 0 Å². The van der Waals surface area contributed by atoms with Gasteiger partial charge in [0.15, 0.2) is 0 Å². The van der Waals surface area contributed by atoms with Gasteiger partial charge in [-0.3, -0.25) is 4.57 Å². The predicted molar refractivity (Wildman–Crippen MR) is 265 cm³/mol. The number of halogens is 6. The van der Waals surface area contributed by atoms with Gasteiger partial charge in [-0.25, -0.2) is 4.98 Å². The SMILES string of the molecule is [2H]c1c([2H])c([2H])c(-c2cccc(-c3c([2H])c([2H])c([2H])c([2H])c3[2H])c2-[n+]2[c-]n(-c3[c-]c(Oc4[c-]c5c(cc4)c4cc(-c6cc(C(F)(F)F)cc(C(F)(F)F)c6)ccc4n5-c4cc(C(C)(C)C)ccn4)ccc3)c3ccccc32)c([2H])c1[2H].[Pt]. The van der Waals surface area contributed by atoms with Gasteiger partial charge in [-0.1, -0.05) is 141 Å². The summed E-state index contributed by atoms with van der Waals surface area (Å²) in [6, 6.07) is 30.3. The molecular weight excluding hydrogens is 1100 g/mol. The van der Waals surface area contributed by atoms with Gasteiger partial charge in [0.25, 0.3) is 6.33 Å². The fourth-order valence-corrected chi connectivity index (χ4v) is 8.64. The van der Waals surface area contributed by atoms with Crippen LogP contribution in [-0.4, -0.2) is 14.1 Å². The summed E-state index contributed by atoms with van der Waals surface area (Å²) in [5.74, 6) is 0.789. The molecule has 0 saturated carbocycles. The Balaban J connectivity index is 0.00000753. The molecule has 3 aromatic heterocycles. The van der Waals surface area contributed by atoms with Crippen molar-refractivity contribution in [3.8, 4) is 62.1 Å². The molecule has 12 heteroatoms. The van der Waals surface area contributed by atoms with Crippen molar-refractivity contribution in [3.05, 3.63) is 223 Å².